The summed E-state index contributed by atoms with van der Waals surface area (Å²) in [6.07, 6.45) is -0.0924. The van der Waals surface area contributed by atoms with Crippen molar-refractivity contribution in [3.63, 3.8) is 0 Å². The maximum Gasteiger partial charge on any atom is 0.259 e. The number of aromatic nitrogens is 5. The van der Waals surface area contributed by atoms with Crippen LogP contribution in [0.15, 0.2) is 71.5 Å². The molecule has 3 aromatic carbocycles. The predicted molar refractivity (Wildman–Crippen MR) is 179 cm³/mol. The lowest BCUT2D eigenvalue weighted by atomic mass is 10.1. The minimum absolute atomic E-state index is 0.0924. The van der Waals surface area contributed by atoms with E-state index in [4.69, 9.17) is 46.4 Å². The van der Waals surface area contributed by atoms with E-state index in [1.807, 2.05) is 30.3 Å². The van der Waals surface area contributed by atoms with Gasteiger partial charge in [-0.3, -0.25) is 20.2 Å². The van der Waals surface area contributed by atoms with E-state index >= 15 is 0 Å². The summed E-state index contributed by atoms with van der Waals surface area (Å²) in [4.78, 5) is 31.3. The van der Waals surface area contributed by atoms with E-state index in [1.165, 1.54) is 4.57 Å². The van der Waals surface area contributed by atoms with Crippen molar-refractivity contribution in [3.8, 4) is 17.3 Å². The normalized spacial score (nSPS) is 10.7. The average molecular weight is 682 g/mol. The molecule has 0 amide bonds. The molecule has 0 radical (unpaired) electrons. The monoisotopic (exact) mass is 680 g/mol. The summed E-state index contributed by atoms with van der Waals surface area (Å²) in [6.45, 7) is 0.634. The second kappa shape index (κ2) is 14.5. The molecule has 228 valence electrons. The van der Waals surface area contributed by atoms with Crippen molar-refractivity contribution in [2.45, 2.75) is 19.5 Å². The SMILES string of the molecule is Cn1c(NNc2nc(NCc3cc(Cl)cc(Cl)c3)nc(NCc3cc(Cl)cc(Cl)c3)n2)nc(-c2ccccc2)c(CC#N)c1=O. The van der Waals surface area contributed by atoms with Gasteiger partial charge in [-0.15, -0.1) is 0 Å². The van der Waals surface area contributed by atoms with E-state index in [9.17, 15) is 10.1 Å². The Hall–Kier alpha value is -4.60. The molecule has 0 unspecified atom stereocenters. The van der Waals surface area contributed by atoms with Gasteiger partial charge in [0.2, 0.25) is 23.8 Å². The molecule has 5 aromatic rings. The number of hydrazine groups is 1. The molecule has 45 heavy (non-hydrogen) atoms. The summed E-state index contributed by atoms with van der Waals surface area (Å²) >= 11 is 24.6. The topological polar surface area (TPSA) is 145 Å². The molecule has 0 aliphatic carbocycles. The number of nitrogens with one attached hydrogen (secondary N) is 4. The predicted octanol–water partition coefficient (Wildman–Crippen LogP) is 6.98. The number of anilines is 4. The van der Waals surface area contributed by atoms with Crippen molar-refractivity contribution in [1.82, 2.24) is 24.5 Å². The Balaban J connectivity index is 1.43. The standard InChI is InChI=1S/C30H24Cl4N10O/c1-44-26(45)24(7-8-35)25(19-5-3-2-4-6-19)38-30(44)43-42-29-40-27(36-15-17-9-20(31)13-21(32)10-17)39-28(41-29)37-16-18-11-22(33)14-23(34)12-18/h2-6,9-14H,7,15-16H2,1H3,(H,38,43)(H3,36,37,39,40,41,42). The molecule has 0 spiro atoms. The van der Waals surface area contributed by atoms with Crippen LogP contribution in [0, 0.1) is 11.3 Å². The number of hydrogen-bond acceptors (Lipinski definition) is 10. The molecule has 0 aliphatic rings. The van der Waals surface area contributed by atoms with E-state index in [2.05, 4.69) is 47.5 Å². The number of rotatable bonds is 11. The van der Waals surface area contributed by atoms with E-state index in [0.29, 0.717) is 44.4 Å². The summed E-state index contributed by atoms with van der Waals surface area (Å²) in [6, 6.07) is 21.6. The summed E-state index contributed by atoms with van der Waals surface area (Å²) in [5.41, 5.74) is 8.47. The Kier molecular flexibility index (Phi) is 10.2. The van der Waals surface area contributed by atoms with E-state index < -0.39 is 0 Å². The summed E-state index contributed by atoms with van der Waals surface area (Å²) in [7, 11) is 1.55. The minimum atomic E-state index is -0.365. The molecule has 0 saturated carbocycles. The van der Waals surface area contributed by atoms with Gasteiger partial charge < -0.3 is 10.6 Å². The highest BCUT2D eigenvalue weighted by molar-refractivity contribution is 6.35. The van der Waals surface area contributed by atoms with Crippen molar-refractivity contribution in [3.05, 3.63) is 114 Å². The average Bonchev–Trinajstić information content (AvgIpc) is 3.00. The van der Waals surface area contributed by atoms with Crippen molar-refractivity contribution >= 4 is 70.2 Å². The molecule has 15 heteroatoms. The summed E-state index contributed by atoms with van der Waals surface area (Å²) in [5.74, 6) is 0.744. The highest BCUT2D eigenvalue weighted by Gasteiger charge is 2.17. The molecule has 5 rings (SSSR count). The van der Waals surface area contributed by atoms with Gasteiger partial charge >= 0.3 is 0 Å². The van der Waals surface area contributed by atoms with Crippen LogP contribution < -0.4 is 27.0 Å². The van der Waals surface area contributed by atoms with Crippen molar-refractivity contribution in [1.29, 1.82) is 5.26 Å². The Morgan fingerprint density at radius 1 is 0.733 bits per heavy atom. The second-order valence-corrected chi connectivity index (χ2v) is 11.4. The molecule has 2 aromatic heterocycles. The first-order valence-corrected chi connectivity index (χ1v) is 14.9. The zero-order valence-electron chi connectivity index (χ0n) is 23.6. The molecular weight excluding hydrogens is 658 g/mol. The Morgan fingerprint density at radius 3 is 1.76 bits per heavy atom. The van der Waals surface area contributed by atoms with Crippen LogP contribution in [0.5, 0.6) is 0 Å². The Labute approximate surface area is 278 Å². The lowest BCUT2D eigenvalue weighted by Crippen LogP contribution is -2.28. The highest BCUT2D eigenvalue weighted by atomic mass is 35.5. The van der Waals surface area contributed by atoms with Gasteiger partial charge in [0.15, 0.2) is 0 Å². The van der Waals surface area contributed by atoms with Crippen LogP contribution in [0.25, 0.3) is 11.3 Å². The van der Waals surface area contributed by atoms with Crippen molar-refractivity contribution in [2.75, 3.05) is 21.5 Å². The molecule has 0 bridgehead atoms. The van der Waals surface area contributed by atoms with Gasteiger partial charge in [0.25, 0.3) is 5.56 Å². The molecule has 4 N–H and O–H groups in total. The third-order valence-corrected chi connectivity index (χ3v) is 7.23. The second-order valence-electron chi connectivity index (χ2n) is 9.65. The van der Waals surface area contributed by atoms with E-state index in [-0.39, 0.29) is 41.3 Å². The smallest absolute Gasteiger partial charge is 0.259 e. The first kappa shape index (κ1) is 31.8. The highest BCUT2D eigenvalue weighted by Crippen LogP contribution is 2.23. The van der Waals surface area contributed by atoms with Gasteiger partial charge in [0, 0.05) is 45.8 Å². The molecule has 0 fully saturated rings. The van der Waals surface area contributed by atoms with E-state index in [1.54, 1.807) is 43.4 Å². The minimum Gasteiger partial charge on any atom is -0.350 e. The number of benzene rings is 3. The van der Waals surface area contributed by atoms with Crippen molar-refractivity contribution < 1.29 is 0 Å². The van der Waals surface area contributed by atoms with Crippen molar-refractivity contribution in [2.24, 2.45) is 7.05 Å². The fourth-order valence-corrected chi connectivity index (χ4v) is 5.47. The molecule has 0 aliphatic heterocycles. The summed E-state index contributed by atoms with van der Waals surface area (Å²) in [5, 5.41) is 17.6. The van der Waals surface area contributed by atoms with Gasteiger partial charge in [-0.05, 0) is 47.5 Å². The first-order valence-electron chi connectivity index (χ1n) is 13.4. The van der Waals surface area contributed by atoms with Gasteiger partial charge in [-0.2, -0.15) is 20.2 Å². The number of halogens is 4. The lowest BCUT2D eigenvalue weighted by Gasteiger charge is -2.16. The van der Waals surface area contributed by atoms with Crippen LogP contribution in [0.4, 0.5) is 23.8 Å². The first-order chi connectivity index (χ1) is 21.7. The molecule has 2 heterocycles. The van der Waals surface area contributed by atoms with Gasteiger partial charge in [0.1, 0.15) is 0 Å². The maximum atomic E-state index is 13.2. The Bertz CT molecular complexity index is 1830. The van der Waals surface area contributed by atoms with E-state index in [0.717, 1.165) is 11.1 Å². The fraction of sp³-hybridized carbons (Fsp3) is 0.133. The van der Waals surface area contributed by atoms with Crippen LogP contribution >= 0.6 is 46.4 Å². The van der Waals surface area contributed by atoms with Crippen LogP contribution in [0.2, 0.25) is 20.1 Å². The number of hydrogen-bond donors (Lipinski definition) is 4. The Morgan fingerprint density at radius 2 is 1.24 bits per heavy atom. The molecule has 11 nitrogen and oxygen atoms in total. The van der Waals surface area contributed by atoms with Crippen LogP contribution in [-0.4, -0.2) is 24.5 Å². The zero-order chi connectivity index (χ0) is 31.9. The maximum absolute atomic E-state index is 13.2. The van der Waals surface area contributed by atoms with Crippen LogP contribution in [0.1, 0.15) is 16.7 Å². The van der Waals surface area contributed by atoms with Crippen LogP contribution in [0.3, 0.4) is 0 Å². The molecular formula is C30H24Cl4N10O. The molecule has 0 saturated heterocycles. The summed E-state index contributed by atoms with van der Waals surface area (Å²) < 4.78 is 1.30. The van der Waals surface area contributed by atoms with Gasteiger partial charge in [-0.1, -0.05) is 76.7 Å². The quantitative estimate of drug-likeness (QED) is 0.108. The van der Waals surface area contributed by atoms with Gasteiger partial charge in [-0.25, -0.2) is 4.98 Å². The number of nitrogens with zero attached hydrogens (tertiary/aromatic N) is 6. The molecule has 0 atom stereocenters. The zero-order valence-corrected chi connectivity index (χ0v) is 26.6. The lowest BCUT2D eigenvalue weighted by molar-refractivity contribution is 0.816. The number of nitriles is 1. The van der Waals surface area contributed by atoms with Gasteiger partial charge in [0.05, 0.1) is 23.7 Å². The third-order valence-electron chi connectivity index (χ3n) is 6.35. The third kappa shape index (κ3) is 8.32. The fourth-order valence-electron chi connectivity index (χ4n) is 4.32. The van der Waals surface area contributed by atoms with Crippen LogP contribution in [-0.2, 0) is 26.6 Å². The largest absolute Gasteiger partial charge is 0.350 e.